The summed E-state index contributed by atoms with van der Waals surface area (Å²) in [7, 11) is 2.26. The van der Waals surface area contributed by atoms with Gasteiger partial charge in [0.2, 0.25) is 0 Å². The predicted molar refractivity (Wildman–Crippen MR) is 78.7 cm³/mol. The smallest absolute Gasteiger partial charge is 0.308 e. The molecule has 0 amide bonds. The van der Waals surface area contributed by atoms with Gasteiger partial charge in [-0.15, -0.1) is 0 Å². The van der Waals surface area contributed by atoms with Crippen LogP contribution in [0.15, 0.2) is 0 Å². The fourth-order valence-electron chi connectivity index (χ4n) is 4.82. The predicted octanol–water partition coefficient (Wildman–Crippen LogP) is 2.05. The number of carboxylic acid groups (broad SMARTS) is 1. The quantitative estimate of drug-likeness (QED) is 0.841. The van der Waals surface area contributed by atoms with Gasteiger partial charge in [0, 0.05) is 18.6 Å². The highest BCUT2D eigenvalue weighted by molar-refractivity contribution is 5.71. The fourth-order valence-corrected chi connectivity index (χ4v) is 4.82. The van der Waals surface area contributed by atoms with Gasteiger partial charge < -0.3 is 10.0 Å². The molecule has 114 valence electrons. The van der Waals surface area contributed by atoms with Crippen molar-refractivity contribution in [1.29, 1.82) is 0 Å². The molecule has 1 aliphatic carbocycles. The van der Waals surface area contributed by atoms with E-state index in [0.29, 0.717) is 6.04 Å². The molecule has 20 heavy (non-hydrogen) atoms. The molecule has 4 nitrogen and oxygen atoms in total. The standard InChI is InChI=1S/C16H28N2O2/c1-17-9-4-5-12-11-18(10-8-14(12)17)15-7-3-2-6-13(15)16(19)20/h12-15H,2-11H2,1H3,(H,19,20). The van der Waals surface area contributed by atoms with E-state index in [-0.39, 0.29) is 5.92 Å². The maximum atomic E-state index is 11.5. The summed E-state index contributed by atoms with van der Waals surface area (Å²) in [6.45, 7) is 3.46. The van der Waals surface area contributed by atoms with Crippen LogP contribution in [0.25, 0.3) is 0 Å². The zero-order valence-corrected chi connectivity index (χ0v) is 12.6. The Morgan fingerprint density at radius 1 is 1.00 bits per heavy atom. The molecule has 3 rings (SSSR count). The average molecular weight is 280 g/mol. The van der Waals surface area contributed by atoms with Crippen LogP contribution < -0.4 is 0 Å². The molecule has 0 radical (unpaired) electrons. The Balaban J connectivity index is 1.67. The van der Waals surface area contributed by atoms with E-state index < -0.39 is 5.97 Å². The minimum Gasteiger partial charge on any atom is -0.481 e. The van der Waals surface area contributed by atoms with Gasteiger partial charge in [0.25, 0.3) is 0 Å². The van der Waals surface area contributed by atoms with Crippen molar-refractivity contribution in [3.8, 4) is 0 Å². The molecular formula is C16H28N2O2. The van der Waals surface area contributed by atoms with Gasteiger partial charge in [-0.1, -0.05) is 12.8 Å². The summed E-state index contributed by atoms with van der Waals surface area (Å²) in [4.78, 5) is 16.6. The summed E-state index contributed by atoms with van der Waals surface area (Å²) in [6.07, 6.45) is 8.13. The summed E-state index contributed by atoms with van der Waals surface area (Å²) in [5, 5.41) is 9.48. The van der Waals surface area contributed by atoms with E-state index in [1.54, 1.807) is 0 Å². The van der Waals surface area contributed by atoms with Crippen LogP contribution in [0.5, 0.6) is 0 Å². The van der Waals surface area contributed by atoms with Crippen molar-refractivity contribution in [3.63, 3.8) is 0 Å². The van der Waals surface area contributed by atoms with Crippen LogP contribution in [0.4, 0.5) is 0 Å². The maximum absolute atomic E-state index is 11.5. The lowest BCUT2D eigenvalue weighted by Gasteiger charge is -2.49. The number of hydrogen-bond acceptors (Lipinski definition) is 3. The normalized spacial score (nSPS) is 40.2. The minimum atomic E-state index is -0.572. The van der Waals surface area contributed by atoms with E-state index in [2.05, 4.69) is 16.8 Å². The van der Waals surface area contributed by atoms with Gasteiger partial charge >= 0.3 is 5.97 Å². The molecule has 3 aliphatic rings. The van der Waals surface area contributed by atoms with Crippen LogP contribution in [0, 0.1) is 11.8 Å². The SMILES string of the molecule is CN1CCCC2CN(C3CCCCC3C(=O)O)CCC21. The van der Waals surface area contributed by atoms with Crippen molar-refractivity contribution in [2.75, 3.05) is 26.7 Å². The molecule has 2 saturated heterocycles. The number of carboxylic acids is 1. The largest absolute Gasteiger partial charge is 0.481 e. The highest BCUT2D eigenvalue weighted by atomic mass is 16.4. The summed E-state index contributed by atoms with van der Waals surface area (Å²) in [5.74, 6) is 0.0677. The summed E-state index contributed by atoms with van der Waals surface area (Å²) in [6, 6.07) is 1.04. The Labute approximate surface area is 122 Å². The van der Waals surface area contributed by atoms with Crippen molar-refractivity contribution in [3.05, 3.63) is 0 Å². The Bertz CT molecular complexity index is 360. The summed E-state index contributed by atoms with van der Waals surface area (Å²) < 4.78 is 0. The molecule has 1 saturated carbocycles. The number of likely N-dealkylation sites (tertiary alicyclic amines) is 2. The van der Waals surface area contributed by atoms with Crippen LogP contribution in [-0.2, 0) is 4.79 Å². The molecule has 0 bridgehead atoms. The Kier molecular flexibility index (Phi) is 4.32. The van der Waals surface area contributed by atoms with Crippen molar-refractivity contribution >= 4 is 5.97 Å². The topological polar surface area (TPSA) is 43.8 Å². The van der Waals surface area contributed by atoms with E-state index in [9.17, 15) is 9.90 Å². The molecule has 4 unspecified atom stereocenters. The van der Waals surface area contributed by atoms with Crippen molar-refractivity contribution < 1.29 is 9.90 Å². The molecule has 3 fully saturated rings. The average Bonchev–Trinajstić information content (AvgIpc) is 2.47. The maximum Gasteiger partial charge on any atom is 0.308 e. The van der Waals surface area contributed by atoms with Gasteiger partial charge in [-0.2, -0.15) is 0 Å². The number of hydrogen-bond donors (Lipinski definition) is 1. The summed E-state index contributed by atoms with van der Waals surface area (Å²) >= 11 is 0. The van der Waals surface area contributed by atoms with Crippen molar-refractivity contribution in [1.82, 2.24) is 9.80 Å². The highest BCUT2D eigenvalue weighted by Gasteiger charge is 2.40. The first-order valence-electron chi connectivity index (χ1n) is 8.34. The monoisotopic (exact) mass is 280 g/mol. The lowest BCUT2D eigenvalue weighted by Crippen LogP contribution is -2.57. The van der Waals surface area contributed by atoms with Crippen LogP contribution in [0.2, 0.25) is 0 Å². The number of rotatable bonds is 2. The molecule has 0 spiro atoms. The second-order valence-corrected chi connectivity index (χ2v) is 7.03. The molecule has 2 aliphatic heterocycles. The first-order valence-corrected chi connectivity index (χ1v) is 8.34. The molecule has 1 N–H and O–H groups in total. The zero-order chi connectivity index (χ0) is 14.1. The lowest BCUT2D eigenvalue weighted by atomic mass is 9.79. The third kappa shape index (κ3) is 2.73. The van der Waals surface area contributed by atoms with Crippen LogP contribution in [0.1, 0.15) is 44.9 Å². The number of carbonyl (C=O) groups is 1. The van der Waals surface area contributed by atoms with E-state index in [4.69, 9.17) is 0 Å². The van der Waals surface area contributed by atoms with Crippen molar-refractivity contribution in [2.24, 2.45) is 11.8 Å². The third-order valence-electron chi connectivity index (χ3n) is 5.89. The fraction of sp³-hybridized carbons (Fsp3) is 0.938. The number of nitrogens with zero attached hydrogens (tertiary/aromatic N) is 2. The number of aliphatic carboxylic acids is 1. The molecule has 0 aromatic carbocycles. The number of fused-ring (bicyclic) bond motifs is 1. The molecule has 4 atom stereocenters. The van der Waals surface area contributed by atoms with Gasteiger partial charge in [0.15, 0.2) is 0 Å². The van der Waals surface area contributed by atoms with Gasteiger partial charge in [-0.3, -0.25) is 9.69 Å². The van der Waals surface area contributed by atoms with E-state index in [0.717, 1.165) is 44.3 Å². The molecule has 2 heterocycles. The van der Waals surface area contributed by atoms with Gasteiger partial charge in [0.1, 0.15) is 0 Å². The minimum absolute atomic E-state index is 0.123. The van der Waals surface area contributed by atoms with E-state index >= 15 is 0 Å². The molecular weight excluding hydrogens is 252 g/mol. The van der Waals surface area contributed by atoms with E-state index in [1.165, 1.54) is 32.2 Å². The molecule has 0 aromatic heterocycles. The molecule has 4 heteroatoms. The van der Waals surface area contributed by atoms with Crippen LogP contribution >= 0.6 is 0 Å². The Morgan fingerprint density at radius 3 is 2.60 bits per heavy atom. The second-order valence-electron chi connectivity index (χ2n) is 7.03. The van der Waals surface area contributed by atoms with Crippen LogP contribution in [-0.4, -0.2) is 59.6 Å². The number of piperidine rings is 2. The lowest BCUT2D eigenvalue weighted by molar-refractivity contribution is -0.146. The zero-order valence-electron chi connectivity index (χ0n) is 12.6. The van der Waals surface area contributed by atoms with Gasteiger partial charge in [0.05, 0.1) is 5.92 Å². The van der Waals surface area contributed by atoms with Gasteiger partial charge in [-0.25, -0.2) is 0 Å². The van der Waals surface area contributed by atoms with Crippen molar-refractivity contribution in [2.45, 2.75) is 57.0 Å². The summed E-state index contributed by atoms with van der Waals surface area (Å²) in [5.41, 5.74) is 0. The third-order valence-corrected chi connectivity index (χ3v) is 5.89. The highest BCUT2D eigenvalue weighted by Crippen LogP contribution is 2.35. The van der Waals surface area contributed by atoms with Gasteiger partial charge in [-0.05, 0) is 58.2 Å². The first-order chi connectivity index (χ1) is 9.66. The molecule has 0 aromatic rings. The van der Waals surface area contributed by atoms with Crippen LogP contribution in [0.3, 0.4) is 0 Å². The second kappa shape index (κ2) is 6.02. The Morgan fingerprint density at radius 2 is 1.80 bits per heavy atom. The first kappa shape index (κ1) is 14.3. The Hall–Kier alpha value is -0.610. The van der Waals surface area contributed by atoms with E-state index in [1.807, 2.05) is 0 Å².